The van der Waals surface area contributed by atoms with Crippen LogP contribution in [0.5, 0.6) is 5.75 Å². The number of hydrogen-bond donors (Lipinski definition) is 0. The molecule has 27 heavy (non-hydrogen) atoms. The van der Waals surface area contributed by atoms with E-state index in [1.54, 1.807) is 6.07 Å². The minimum absolute atomic E-state index is 0.0218. The number of ether oxygens (including phenoxy) is 3. The van der Waals surface area contributed by atoms with E-state index < -0.39 is 11.6 Å². The molecule has 1 saturated heterocycles. The van der Waals surface area contributed by atoms with Crippen molar-refractivity contribution in [3.63, 3.8) is 0 Å². The Hall–Kier alpha value is -1.20. The summed E-state index contributed by atoms with van der Waals surface area (Å²) in [4.78, 5) is 0. The Labute approximate surface area is 160 Å². The molecule has 0 aromatic heterocycles. The molecule has 0 N–H and O–H groups in total. The molecule has 150 valence electrons. The van der Waals surface area contributed by atoms with Gasteiger partial charge in [-0.15, -0.1) is 0 Å². The number of hydrogen-bond acceptors (Lipinski definition) is 3. The van der Waals surface area contributed by atoms with Crippen molar-refractivity contribution in [2.24, 2.45) is 11.3 Å². The summed E-state index contributed by atoms with van der Waals surface area (Å²) in [7, 11) is 0. The van der Waals surface area contributed by atoms with Gasteiger partial charge < -0.3 is 14.2 Å². The van der Waals surface area contributed by atoms with Gasteiger partial charge in [0.1, 0.15) is 6.10 Å². The summed E-state index contributed by atoms with van der Waals surface area (Å²) in [6.45, 7) is 1.19. The highest BCUT2D eigenvalue weighted by Gasteiger charge is 2.53. The van der Waals surface area contributed by atoms with Gasteiger partial charge in [-0.05, 0) is 43.7 Å². The highest BCUT2D eigenvalue weighted by atomic mass is 19.2. The van der Waals surface area contributed by atoms with Crippen LogP contribution in [0.4, 0.5) is 8.78 Å². The van der Waals surface area contributed by atoms with Crippen LogP contribution in [-0.4, -0.2) is 25.6 Å². The molecule has 1 aliphatic heterocycles. The molecule has 3 aliphatic rings. The first-order chi connectivity index (χ1) is 13.2. The lowest BCUT2D eigenvalue weighted by Crippen LogP contribution is -2.53. The number of halogens is 2. The van der Waals surface area contributed by atoms with Gasteiger partial charge in [0.15, 0.2) is 17.9 Å². The minimum Gasteiger partial charge on any atom is -0.486 e. The van der Waals surface area contributed by atoms with E-state index in [0.717, 1.165) is 44.6 Å². The van der Waals surface area contributed by atoms with E-state index in [9.17, 15) is 8.78 Å². The molecule has 3 fully saturated rings. The van der Waals surface area contributed by atoms with E-state index >= 15 is 0 Å². The predicted octanol–water partition coefficient (Wildman–Crippen LogP) is 5.62. The third-order valence-corrected chi connectivity index (χ3v) is 6.69. The maximum atomic E-state index is 14.4. The van der Waals surface area contributed by atoms with E-state index in [4.69, 9.17) is 14.2 Å². The summed E-state index contributed by atoms with van der Waals surface area (Å²) in [6.07, 6.45) is 10.5. The Balaban J connectivity index is 1.69. The molecule has 1 heterocycles. The van der Waals surface area contributed by atoms with Crippen molar-refractivity contribution in [2.45, 2.75) is 76.6 Å². The van der Waals surface area contributed by atoms with Gasteiger partial charge in [0, 0.05) is 0 Å². The molecule has 2 saturated carbocycles. The van der Waals surface area contributed by atoms with E-state index in [-0.39, 0.29) is 23.6 Å². The monoisotopic (exact) mass is 380 g/mol. The van der Waals surface area contributed by atoms with E-state index in [0.29, 0.717) is 19.1 Å². The Kier molecular flexibility index (Phi) is 5.98. The van der Waals surface area contributed by atoms with Gasteiger partial charge in [0.05, 0.1) is 18.6 Å². The van der Waals surface area contributed by atoms with E-state index in [1.807, 2.05) is 0 Å². The smallest absolute Gasteiger partial charge is 0.200 e. The van der Waals surface area contributed by atoms with Crippen molar-refractivity contribution in [3.05, 3.63) is 29.8 Å². The highest BCUT2D eigenvalue weighted by Crippen LogP contribution is 2.50. The first-order valence-electron chi connectivity index (χ1n) is 10.5. The van der Waals surface area contributed by atoms with Gasteiger partial charge in [-0.2, -0.15) is 4.39 Å². The molecule has 0 spiro atoms. The van der Waals surface area contributed by atoms with Gasteiger partial charge in [-0.25, -0.2) is 4.39 Å². The second-order valence-corrected chi connectivity index (χ2v) is 8.36. The minimum atomic E-state index is -0.891. The summed E-state index contributed by atoms with van der Waals surface area (Å²) in [5.41, 5.74) is -0.282. The molecule has 1 atom stereocenters. The number of benzene rings is 1. The van der Waals surface area contributed by atoms with Crippen LogP contribution in [-0.2, 0) is 9.47 Å². The summed E-state index contributed by atoms with van der Waals surface area (Å²) in [5.74, 6) is -1.40. The molecule has 1 unspecified atom stereocenters. The quantitative estimate of drug-likeness (QED) is 0.664. The van der Waals surface area contributed by atoms with Gasteiger partial charge in [-0.3, -0.25) is 0 Å². The zero-order valence-electron chi connectivity index (χ0n) is 15.9. The van der Waals surface area contributed by atoms with Crippen LogP contribution in [0.1, 0.15) is 64.2 Å². The Morgan fingerprint density at radius 2 is 1.59 bits per heavy atom. The molecule has 2 aliphatic carbocycles. The highest BCUT2D eigenvalue weighted by molar-refractivity contribution is 5.26. The molecule has 4 rings (SSSR count). The first kappa shape index (κ1) is 19.1. The first-order valence-corrected chi connectivity index (χ1v) is 10.5. The zero-order valence-corrected chi connectivity index (χ0v) is 15.9. The normalized spacial score (nSPS) is 25.4. The van der Waals surface area contributed by atoms with Crippen LogP contribution < -0.4 is 4.74 Å². The van der Waals surface area contributed by atoms with Crippen LogP contribution in [0.2, 0.25) is 0 Å². The van der Waals surface area contributed by atoms with Gasteiger partial charge in [-0.1, -0.05) is 44.6 Å². The predicted molar refractivity (Wildman–Crippen MR) is 98.6 cm³/mol. The fourth-order valence-corrected chi connectivity index (χ4v) is 5.39. The lowest BCUT2D eigenvalue weighted by atomic mass is 9.64. The lowest BCUT2D eigenvalue weighted by Gasteiger charge is -2.49. The Bertz CT molecular complexity index is 618. The van der Waals surface area contributed by atoms with Crippen LogP contribution >= 0.6 is 0 Å². The van der Waals surface area contributed by atoms with Crippen LogP contribution in [0.15, 0.2) is 18.2 Å². The largest absolute Gasteiger partial charge is 0.486 e. The SMILES string of the molecule is Fc1cccc(OC(C2CCCCC2)C2(C3OCCO3)CCCCC2)c1F. The van der Waals surface area contributed by atoms with Gasteiger partial charge in [0.25, 0.3) is 0 Å². The third-order valence-electron chi connectivity index (χ3n) is 6.69. The molecular weight excluding hydrogens is 350 g/mol. The molecule has 3 nitrogen and oxygen atoms in total. The fourth-order valence-electron chi connectivity index (χ4n) is 5.39. The van der Waals surface area contributed by atoms with Crippen molar-refractivity contribution in [1.82, 2.24) is 0 Å². The maximum Gasteiger partial charge on any atom is 0.200 e. The van der Waals surface area contributed by atoms with E-state index in [1.165, 1.54) is 31.7 Å². The lowest BCUT2D eigenvalue weighted by molar-refractivity contribution is -0.195. The Morgan fingerprint density at radius 1 is 0.926 bits per heavy atom. The average Bonchev–Trinajstić information content (AvgIpc) is 3.26. The third kappa shape index (κ3) is 3.86. The standard InChI is InChI=1S/C22H30F2O3/c23-17-10-7-11-18(19(17)24)27-20(16-8-3-1-4-9-16)22(12-5-2-6-13-22)21-25-14-15-26-21/h7,10-11,16,20-21H,1-6,8-9,12-15H2. The molecule has 0 amide bonds. The van der Waals surface area contributed by atoms with Crippen molar-refractivity contribution >= 4 is 0 Å². The molecular formula is C22H30F2O3. The molecule has 0 radical (unpaired) electrons. The molecule has 1 aromatic carbocycles. The number of rotatable bonds is 5. The summed E-state index contributed by atoms with van der Waals surface area (Å²) >= 11 is 0. The summed E-state index contributed by atoms with van der Waals surface area (Å²) < 4.78 is 46.6. The summed E-state index contributed by atoms with van der Waals surface area (Å²) in [5, 5.41) is 0. The molecule has 0 bridgehead atoms. The van der Waals surface area contributed by atoms with Crippen LogP contribution in [0.25, 0.3) is 0 Å². The van der Waals surface area contributed by atoms with Crippen LogP contribution in [0.3, 0.4) is 0 Å². The van der Waals surface area contributed by atoms with Crippen molar-refractivity contribution < 1.29 is 23.0 Å². The van der Waals surface area contributed by atoms with Crippen molar-refractivity contribution in [2.75, 3.05) is 13.2 Å². The Morgan fingerprint density at radius 3 is 2.30 bits per heavy atom. The topological polar surface area (TPSA) is 27.7 Å². The van der Waals surface area contributed by atoms with Gasteiger partial charge >= 0.3 is 0 Å². The zero-order chi connectivity index (χ0) is 18.7. The maximum absolute atomic E-state index is 14.4. The fraction of sp³-hybridized carbons (Fsp3) is 0.727. The van der Waals surface area contributed by atoms with Gasteiger partial charge in [0.2, 0.25) is 5.82 Å². The second-order valence-electron chi connectivity index (χ2n) is 8.36. The molecule has 5 heteroatoms. The average molecular weight is 380 g/mol. The molecule has 1 aromatic rings. The van der Waals surface area contributed by atoms with Crippen LogP contribution in [0, 0.1) is 23.0 Å². The van der Waals surface area contributed by atoms with Crippen molar-refractivity contribution in [3.8, 4) is 5.75 Å². The second kappa shape index (κ2) is 8.44. The van der Waals surface area contributed by atoms with Crippen molar-refractivity contribution in [1.29, 1.82) is 0 Å². The van der Waals surface area contributed by atoms with E-state index in [2.05, 4.69) is 0 Å². The summed E-state index contributed by atoms with van der Waals surface area (Å²) in [6, 6.07) is 4.19.